The molecule has 3 rings (SSSR count). The molecule has 0 unspecified atom stereocenters. The predicted molar refractivity (Wildman–Crippen MR) is 96.8 cm³/mol. The lowest BCUT2D eigenvalue weighted by atomic mass is 9.98. The number of ether oxygens (including phenoxy) is 1. The maximum Gasteiger partial charge on any atom is 0.322 e. The molecule has 0 atom stereocenters. The largest absolute Gasteiger partial charge is 0.505 e. The van der Waals surface area contributed by atoms with Gasteiger partial charge in [0.25, 0.3) is 5.91 Å². The van der Waals surface area contributed by atoms with Crippen LogP contribution in [0.2, 0.25) is 0 Å². The molecule has 0 radical (unpaired) electrons. The van der Waals surface area contributed by atoms with E-state index in [-0.39, 0.29) is 23.2 Å². The van der Waals surface area contributed by atoms with Gasteiger partial charge in [0.15, 0.2) is 11.4 Å². The third-order valence-electron chi connectivity index (χ3n) is 4.65. The van der Waals surface area contributed by atoms with E-state index in [1.54, 1.807) is 18.2 Å². The monoisotopic (exact) mass is 374 g/mol. The highest BCUT2D eigenvalue weighted by Gasteiger charge is 2.21. The fraction of sp³-hybridized carbons (Fsp3) is 0.421. The molecule has 1 aromatic heterocycles. The number of aliphatic hydroxyl groups excluding tert-OH is 1. The van der Waals surface area contributed by atoms with Crippen LogP contribution in [0.15, 0.2) is 18.2 Å². The van der Waals surface area contributed by atoms with E-state index >= 15 is 0 Å². The molecule has 8 heteroatoms. The van der Waals surface area contributed by atoms with Crippen molar-refractivity contribution in [2.24, 2.45) is 0 Å². The summed E-state index contributed by atoms with van der Waals surface area (Å²) in [5, 5.41) is 31.7. The zero-order chi connectivity index (χ0) is 19.4. The number of fused-ring (bicyclic) bond motifs is 1. The molecule has 1 aromatic carbocycles. The van der Waals surface area contributed by atoms with Crippen molar-refractivity contribution >= 4 is 22.6 Å². The smallest absolute Gasteiger partial charge is 0.322 e. The number of hydrogen-bond acceptors (Lipinski definition) is 6. The van der Waals surface area contributed by atoms with Gasteiger partial charge in [-0.05, 0) is 43.9 Å². The summed E-state index contributed by atoms with van der Waals surface area (Å²) in [6.45, 7) is -1.04. The van der Waals surface area contributed by atoms with E-state index in [9.17, 15) is 19.8 Å². The predicted octanol–water partition coefficient (Wildman–Crippen LogP) is 1.96. The average Bonchev–Trinajstić information content (AvgIpc) is 2.67. The number of pyridine rings is 1. The highest BCUT2D eigenvalue weighted by molar-refractivity contribution is 6.03. The summed E-state index contributed by atoms with van der Waals surface area (Å²) in [5.41, 5.74) is -0.119. The summed E-state index contributed by atoms with van der Waals surface area (Å²) in [4.78, 5) is 26.7. The highest BCUT2D eigenvalue weighted by atomic mass is 16.5. The second kappa shape index (κ2) is 8.22. The first-order valence-corrected chi connectivity index (χ1v) is 8.92. The van der Waals surface area contributed by atoms with E-state index in [4.69, 9.17) is 9.84 Å². The van der Waals surface area contributed by atoms with Gasteiger partial charge in [0.2, 0.25) is 0 Å². The van der Waals surface area contributed by atoms with Crippen LogP contribution in [0.5, 0.6) is 11.5 Å². The number of nitrogens with zero attached hydrogens (tertiary/aromatic N) is 1. The lowest BCUT2D eigenvalue weighted by Crippen LogP contribution is -2.30. The van der Waals surface area contributed by atoms with E-state index in [0.717, 1.165) is 25.7 Å². The number of nitrogens with one attached hydrogen (secondary N) is 1. The van der Waals surface area contributed by atoms with Crippen molar-refractivity contribution < 1.29 is 29.6 Å². The summed E-state index contributed by atoms with van der Waals surface area (Å²) in [7, 11) is 0. The van der Waals surface area contributed by atoms with Crippen molar-refractivity contribution in [2.45, 2.75) is 44.8 Å². The molecule has 1 heterocycles. The number of amides is 1. The number of carboxylic acid groups (broad SMARTS) is 1. The van der Waals surface area contributed by atoms with Gasteiger partial charge in [-0.3, -0.25) is 9.59 Å². The van der Waals surface area contributed by atoms with Crippen molar-refractivity contribution in [1.29, 1.82) is 0 Å². The Morgan fingerprint density at radius 2 is 1.93 bits per heavy atom. The normalized spacial score (nSPS) is 14.9. The van der Waals surface area contributed by atoms with E-state index < -0.39 is 25.0 Å². The van der Waals surface area contributed by atoms with Gasteiger partial charge in [0.1, 0.15) is 12.3 Å². The zero-order valence-corrected chi connectivity index (χ0v) is 14.8. The molecule has 0 saturated heterocycles. The third-order valence-corrected chi connectivity index (χ3v) is 4.65. The van der Waals surface area contributed by atoms with E-state index in [2.05, 4.69) is 10.3 Å². The Morgan fingerprint density at radius 3 is 2.59 bits per heavy atom. The Balaban J connectivity index is 1.93. The number of carbonyl (C=O) groups excluding carboxylic acids is 1. The molecule has 1 aliphatic rings. The van der Waals surface area contributed by atoms with Gasteiger partial charge in [-0.15, -0.1) is 0 Å². The van der Waals surface area contributed by atoms with Gasteiger partial charge in [-0.25, -0.2) is 4.98 Å². The number of aliphatic carboxylic acids is 1. The van der Waals surface area contributed by atoms with Crippen LogP contribution in [0.4, 0.5) is 0 Å². The number of carboxylic acids is 1. The van der Waals surface area contributed by atoms with Crippen LogP contribution < -0.4 is 10.1 Å². The van der Waals surface area contributed by atoms with Gasteiger partial charge < -0.3 is 25.4 Å². The molecule has 27 heavy (non-hydrogen) atoms. The zero-order valence-electron chi connectivity index (χ0n) is 14.8. The molecule has 8 nitrogen and oxygen atoms in total. The molecule has 2 aromatic rings. The number of aromatic nitrogens is 1. The fourth-order valence-electron chi connectivity index (χ4n) is 3.31. The van der Waals surface area contributed by atoms with Crippen molar-refractivity contribution in [1.82, 2.24) is 10.3 Å². The quantitative estimate of drug-likeness (QED) is 0.608. The van der Waals surface area contributed by atoms with Crippen LogP contribution in [0.1, 0.15) is 48.3 Å². The molecule has 4 N–H and O–H groups in total. The van der Waals surface area contributed by atoms with Crippen LogP contribution in [-0.2, 0) is 11.4 Å². The van der Waals surface area contributed by atoms with Crippen LogP contribution >= 0.6 is 0 Å². The number of carbonyl (C=O) groups is 2. The molecule has 0 spiro atoms. The van der Waals surface area contributed by atoms with Crippen LogP contribution in [-0.4, -0.2) is 44.8 Å². The number of benzene rings is 1. The lowest BCUT2D eigenvalue weighted by Gasteiger charge is -2.23. The van der Waals surface area contributed by atoms with Crippen molar-refractivity contribution in [3.8, 4) is 11.5 Å². The molecular weight excluding hydrogens is 352 g/mol. The number of hydrogen-bond donors (Lipinski definition) is 4. The average molecular weight is 374 g/mol. The van der Waals surface area contributed by atoms with E-state index in [1.807, 2.05) is 0 Å². The second-order valence-corrected chi connectivity index (χ2v) is 6.58. The van der Waals surface area contributed by atoms with Gasteiger partial charge >= 0.3 is 5.97 Å². The molecular formula is C19H22N2O6. The molecule has 144 valence electrons. The minimum Gasteiger partial charge on any atom is -0.505 e. The topological polar surface area (TPSA) is 129 Å². The first-order valence-electron chi connectivity index (χ1n) is 8.92. The van der Waals surface area contributed by atoms with Crippen LogP contribution in [0, 0.1) is 0 Å². The third kappa shape index (κ3) is 4.28. The summed E-state index contributed by atoms with van der Waals surface area (Å²) >= 11 is 0. The standard InChI is InChI=1S/C19H22N2O6/c22-10-15-14-8-12(27-11-4-2-1-3-5-11)6-7-13(14)18(25)17(21-15)19(26)20-9-16(23)24/h6-8,11,22,25H,1-5,9-10H2,(H,20,26)(H,23,24). The van der Waals surface area contributed by atoms with Gasteiger partial charge in [-0.2, -0.15) is 0 Å². The minimum absolute atomic E-state index is 0.149. The minimum atomic E-state index is -1.21. The van der Waals surface area contributed by atoms with Gasteiger partial charge in [-0.1, -0.05) is 6.42 Å². The van der Waals surface area contributed by atoms with Crippen LogP contribution in [0.3, 0.4) is 0 Å². The molecule has 1 aliphatic carbocycles. The number of aliphatic hydroxyl groups is 1. The van der Waals surface area contributed by atoms with Crippen molar-refractivity contribution in [2.75, 3.05) is 6.54 Å². The molecule has 0 bridgehead atoms. The molecule has 1 saturated carbocycles. The van der Waals surface area contributed by atoms with Gasteiger partial charge in [0.05, 0.1) is 18.4 Å². The lowest BCUT2D eigenvalue weighted by molar-refractivity contribution is -0.135. The first kappa shape index (κ1) is 18.9. The Labute approximate surface area is 155 Å². The number of aromatic hydroxyl groups is 1. The highest BCUT2D eigenvalue weighted by Crippen LogP contribution is 2.33. The summed E-state index contributed by atoms with van der Waals surface area (Å²) in [6, 6.07) is 5.01. The van der Waals surface area contributed by atoms with Gasteiger partial charge in [0, 0.05) is 10.8 Å². The summed E-state index contributed by atoms with van der Waals surface area (Å²) in [6.07, 6.45) is 5.64. The fourth-order valence-corrected chi connectivity index (χ4v) is 3.31. The first-order chi connectivity index (χ1) is 13.0. The maximum absolute atomic E-state index is 12.1. The maximum atomic E-state index is 12.1. The second-order valence-electron chi connectivity index (χ2n) is 6.58. The molecule has 1 amide bonds. The SMILES string of the molecule is O=C(O)CNC(=O)c1nc(CO)c2cc(OC3CCCCC3)ccc2c1O. The van der Waals surface area contributed by atoms with E-state index in [0.29, 0.717) is 16.5 Å². The number of rotatable bonds is 6. The molecule has 1 fully saturated rings. The Morgan fingerprint density at radius 1 is 1.19 bits per heavy atom. The Hall–Kier alpha value is -2.87. The summed E-state index contributed by atoms with van der Waals surface area (Å²) in [5.74, 6) is -1.78. The van der Waals surface area contributed by atoms with E-state index in [1.165, 1.54) is 6.42 Å². The van der Waals surface area contributed by atoms with Crippen molar-refractivity contribution in [3.63, 3.8) is 0 Å². The van der Waals surface area contributed by atoms with Crippen molar-refractivity contribution in [3.05, 3.63) is 29.6 Å². The summed E-state index contributed by atoms with van der Waals surface area (Å²) < 4.78 is 6.01. The Bertz CT molecular complexity index is 861. The Kier molecular flexibility index (Phi) is 5.75. The van der Waals surface area contributed by atoms with Crippen LogP contribution in [0.25, 0.3) is 10.8 Å². The molecule has 0 aliphatic heterocycles.